The van der Waals surface area contributed by atoms with Crippen molar-refractivity contribution in [2.75, 3.05) is 12.0 Å². The molecule has 1 aromatic heterocycles. The summed E-state index contributed by atoms with van der Waals surface area (Å²) in [5, 5.41) is 0. The van der Waals surface area contributed by atoms with Crippen LogP contribution in [0.1, 0.15) is 91.3 Å². The predicted molar refractivity (Wildman–Crippen MR) is 148 cm³/mol. The fraction of sp³-hybridized carbons (Fsp3) is 0.300. The van der Waals surface area contributed by atoms with Crippen molar-refractivity contribution in [3.63, 3.8) is 0 Å². The van der Waals surface area contributed by atoms with Gasteiger partial charge in [0.15, 0.2) is 11.5 Å². The Morgan fingerprint density at radius 3 is 2.46 bits per heavy atom. The molecule has 4 amide bonds. The highest BCUT2D eigenvalue weighted by Gasteiger charge is 2.39. The summed E-state index contributed by atoms with van der Waals surface area (Å²) in [7, 11) is 1.60. The number of hydrogen-bond acceptors (Lipinski definition) is 8. The first-order chi connectivity index (χ1) is 19.8. The van der Waals surface area contributed by atoms with Crippen LogP contribution in [0.2, 0.25) is 0 Å². The van der Waals surface area contributed by atoms with Crippen LogP contribution in [0.3, 0.4) is 0 Å². The van der Waals surface area contributed by atoms with Crippen LogP contribution in [-0.2, 0) is 6.54 Å². The van der Waals surface area contributed by atoms with Gasteiger partial charge in [0.2, 0.25) is 0 Å². The number of hydrazine groups is 1. The molecule has 11 heteroatoms. The van der Waals surface area contributed by atoms with E-state index in [0.29, 0.717) is 28.3 Å². The SMILES string of the molecule is COc1ccc(N2C(=O)c3cc(CN4C(=O)c5cnc(C(=O)NN)cc5C4=O)ccc3C2C)cc1OC1CCCC1. The number of carbonyl (C=O) groups is 4. The average molecular weight is 556 g/mol. The fourth-order valence-electron chi connectivity index (χ4n) is 5.84. The van der Waals surface area contributed by atoms with Gasteiger partial charge in [-0.15, -0.1) is 0 Å². The lowest BCUT2D eigenvalue weighted by Crippen LogP contribution is -2.31. The van der Waals surface area contributed by atoms with Gasteiger partial charge in [0.25, 0.3) is 23.6 Å². The topological polar surface area (TPSA) is 144 Å². The van der Waals surface area contributed by atoms with Crippen LogP contribution in [0.4, 0.5) is 5.69 Å². The molecule has 41 heavy (non-hydrogen) atoms. The van der Waals surface area contributed by atoms with Crippen LogP contribution in [-0.4, -0.2) is 46.7 Å². The Labute approximate surface area is 236 Å². The van der Waals surface area contributed by atoms with Crippen molar-refractivity contribution in [3.8, 4) is 11.5 Å². The first kappa shape index (κ1) is 26.5. The smallest absolute Gasteiger partial charge is 0.283 e. The summed E-state index contributed by atoms with van der Waals surface area (Å²) in [4.78, 5) is 58.4. The van der Waals surface area contributed by atoms with Crippen molar-refractivity contribution in [2.45, 2.75) is 51.3 Å². The number of fused-ring (bicyclic) bond motifs is 2. The van der Waals surface area contributed by atoms with E-state index in [4.69, 9.17) is 15.3 Å². The third kappa shape index (κ3) is 4.48. The van der Waals surface area contributed by atoms with E-state index in [1.54, 1.807) is 18.1 Å². The van der Waals surface area contributed by atoms with Crippen molar-refractivity contribution in [1.29, 1.82) is 0 Å². The Kier molecular flexibility index (Phi) is 6.66. The average Bonchev–Trinajstić information content (AvgIpc) is 3.65. The maximum atomic E-state index is 13.7. The van der Waals surface area contributed by atoms with Crippen molar-refractivity contribution in [2.24, 2.45) is 5.84 Å². The van der Waals surface area contributed by atoms with Gasteiger partial charge < -0.3 is 14.4 Å². The summed E-state index contributed by atoms with van der Waals surface area (Å²) in [6, 6.07) is 11.9. The number of pyridine rings is 1. The Hall–Kier alpha value is -4.77. The lowest BCUT2D eigenvalue weighted by Gasteiger charge is -2.24. The normalized spacial score (nSPS) is 18.1. The van der Waals surface area contributed by atoms with Gasteiger partial charge in [-0.25, -0.2) is 5.84 Å². The molecule has 3 N–H and O–H groups in total. The number of carbonyl (C=O) groups excluding carboxylic acids is 4. The summed E-state index contributed by atoms with van der Waals surface area (Å²) in [6.07, 6.45) is 5.59. The lowest BCUT2D eigenvalue weighted by atomic mass is 10.0. The van der Waals surface area contributed by atoms with Crippen molar-refractivity contribution >= 4 is 29.3 Å². The van der Waals surface area contributed by atoms with Crippen LogP contribution < -0.4 is 25.6 Å². The minimum atomic E-state index is -0.670. The molecule has 0 radical (unpaired) electrons. The molecule has 0 saturated heterocycles. The number of nitrogens with one attached hydrogen (secondary N) is 1. The number of methoxy groups -OCH3 is 1. The van der Waals surface area contributed by atoms with Crippen LogP contribution in [0.5, 0.6) is 11.5 Å². The zero-order valence-electron chi connectivity index (χ0n) is 22.7. The highest BCUT2D eigenvalue weighted by Crippen LogP contribution is 2.42. The minimum absolute atomic E-state index is 0.0401. The number of anilines is 1. The van der Waals surface area contributed by atoms with Gasteiger partial charge in [0.05, 0.1) is 36.9 Å². The van der Waals surface area contributed by atoms with E-state index in [1.807, 2.05) is 42.7 Å². The van der Waals surface area contributed by atoms with E-state index in [0.717, 1.165) is 36.1 Å². The molecule has 2 aromatic carbocycles. The highest BCUT2D eigenvalue weighted by atomic mass is 16.5. The molecule has 11 nitrogen and oxygen atoms in total. The maximum Gasteiger partial charge on any atom is 0.283 e. The molecule has 1 saturated carbocycles. The minimum Gasteiger partial charge on any atom is -0.493 e. The molecule has 210 valence electrons. The number of hydrogen-bond donors (Lipinski definition) is 2. The summed E-state index contributed by atoms with van der Waals surface area (Å²) >= 11 is 0. The Morgan fingerprint density at radius 1 is 0.976 bits per heavy atom. The number of imide groups is 1. The summed E-state index contributed by atoms with van der Waals surface area (Å²) in [5.74, 6) is 4.47. The number of ether oxygens (including phenoxy) is 2. The number of aromatic nitrogens is 1. The van der Waals surface area contributed by atoms with Gasteiger partial charge in [0, 0.05) is 23.5 Å². The van der Waals surface area contributed by atoms with Crippen molar-refractivity contribution in [3.05, 3.63) is 82.2 Å². The van der Waals surface area contributed by atoms with Crippen LogP contribution >= 0.6 is 0 Å². The monoisotopic (exact) mass is 555 g/mol. The summed E-state index contributed by atoms with van der Waals surface area (Å²) in [5.41, 5.74) is 4.74. The maximum absolute atomic E-state index is 13.7. The summed E-state index contributed by atoms with van der Waals surface area (Å²) < 4.78 is 11.8. The number of nitrogens with zero attached hydrogens (tertiary/aromatic N) is 3. The second-order valence-corrected chi connectivity index (χ2v) is 10.4. The molecule has 1 unspecified atom stereocenters. The molecule has 3 aliphatic rings. The van der Waals surface area contributed by atoms with E-state index in [1.165, 1.54) is 12.3 Å². The molecule has 1 aliphatic carbocycles. The first-order valence-electron chi connectivity index (χ1n) is 13.5. The van der Waals surface area contributed by atoms with E-state index in [2.05, 4.69) is 4.98 Å². The number of benzene rings is 2. The second-order valence-electron chi connectivity index (χ2n) is 10.4. The zero-order chi connectivity index (χ0) is 28.8. The quantitative estimate of drug-likeness (QED) is 0.195. The lowest BCUT2D eigenvalue weighted by molar-refractivity contribution is 0.0642. The first-order valence-corrected chi connectivity index (χ1v) is 13.5. The molecule has 6 rings (SSSR count). The number of nitrogen functional groups attached to an aromatic ring is 1. The van der Waals surface area contributed by atoms with Crippen molar-refractivity contribution in [1.82, 2.24) is 15.3 Å². The van der Waals surface area contributed by atoms with E-state index in [9.17, 15) is 19.2 Å². The fourth-order valence-corrected chi connectivity index (χ4v) is 5.84. The largest absolute Gasteiger partial charge is 0.493 e. The molecular weight excluding hydrogens is 526 g/mol. The van der Waals surface area contributed by atoms with Crippen LogP contribution in [0.15, 0.2) is 48.7 Å². The number of rotatable bonds is 7. The standard InChI is InChI=1S/C30H29N5O6/c1-16-20-9-7-17(15-34-28(37)22-13-24(27(36)33-31)32-14-23(22)29(34)38)11-21(20)30(39)35(16)18-8-10-25(40-2)26(12-18)41-19-5-3-4-6-19/h7-14,16,19H,3-6,15,31H2,1-2H3,(H,33,36). The number of amides is 4. The van der Waals surface area contributed by atoms with Gasteiger partial charge in [-0.2, -0.15) is 0 Å². The Balaban J connectivity index is 1.24. The number of nitrogens with two attached hydrogens (primary N) is 1. The van der Waals surface area contributed by atoms with Crippen LogP contribution in [0.25, 0.3) is 0 Å². The zero-order valence-corrected chi connectivity index (χ0v) is 22.7. The van der Waals surface area contributed by atoms with Crippen molar-refractivity contribution < 1.29 is 28.7 Å². The van der Waals surface area contributed by atoms with Gasteiger partial charge in [0.1, 0.15) is 5.69 Å². The van der Waals surface area contributed by atoms with Gasteiger partial charge in [-0.05, 0) is 68.0 Å². The van der Waals surface area contributed by atoms with Gasteiger partial charge in [-0.1, -0.05) is 12.1 Å². The van der Waals surface area contributed by atoms with Gasteiger partial charge >= 0.3 is 0 Å². The molecule has 2 aliphatic heterocycles. The third-order valence-electron chi connectivity index (χ3n) is 7.99. The second kappa shape index (κ2) is 10.3. The van der Waals surface area contributed by atoms with E-state index >= 15 is 0 Å². The molecule has 0 spiro atoms. The molecule has 1 fully saturated rings. The molecule has 3 heterocycles. The van der Waals surface area contributed by atoms with Gasteiger partial charge in [-0.3, -0.25) is 34.5 Å². The highest BCUT2D eigenvalue weighted by molar-refractivity contribution is 6.21. The molecule has 1 atom stereocenters. The third-order valence-corrected chi connectivity index (χ3v) is 7.99. The van der Waals surface area contributed by atoms with E-state index in [-0.39, 0.29) is 41.4 Å². The Morgan fingerprint density at radius 2 is 1.73 bits per heavy atom. The molecular formula is C30H29N5O6. The summed E-state index contributed by atoms with van der Waals surface area (Å²) in [6.45, 7) is 1.92. The van der Waals surface area contributed by atoms with Crippen LogP contribution in [0, 0.1) is 0 Å². The molecule has 0 bridgehead atoms. The predicted octanol–water partition coefficient (Wildman–Crippen LogP) is 3.53. The van der Waals surface area contributed by atoms with E-state index < -0.39 is 17.7 Å². The molecule has 3 aromatic rings. The Bertz CT molecular complexity index is 1600.